The molecule has 0 N–H and O–H groups in total. The summed E-state index contributed by atoms with van der Waals surface area (Å²) >= 11 is 1.78. The third-order valence-electron chi connectivity index (χ3n) is 2.60. The molecule has 4 heteroatoms. The summed E-state index contributed by atoms with van der Waals surface area (Å²) in [5, 5.41) is 0. The van der Waals surface area contributed by atoms with Crippen molar-refractivity contribution in [2.24, 2.45) is 0 Å². The summed E-state index contributed by atoms with van der Waals surface area (Å²) in [6.07, 6.45) is 5.47. The van der Waals surface area contributed by atoms with Gasteiger partial charge in [-0.2, -0.15) is 11.8 Å². The number of allylic oxidation sites excluding steroid dienone is 1. The maximum Gasteiger partial charge on any atom is 0.306 e. The number of thioether (sulfide) groups is 1. The third-order valence-corrected chi connectivity index (χ3v) is 3.67. The zero-order valence-corrected chi connectivity index (χ0v) is 12.3. The Labute approximate surface area is 114 Å². The second-order valence-electron chi connectivity index (χ2n) is 4.31. The van der Waals surface area contributed by atoms with Gasteiger partial charge in [0, 0.05) is 12.2 Å². The minimum atomic E-state index is -0.138. The Morgan fingerprint density at radius 3 is 2.33 bits per heavy atom. The lowest BCUT2D eigenvalue weighted by molar-refractivity contribution is -0.140. The van der Waals surface area contributed by atoms with Crippen LogP contribution in [0.15, 0.2) is 12.2 Å². The number of carbonyl (C=O) groups excluding carboxylic acids is 2. The standard InChI is InChI=1S/C14H24O3S/c1-12(2)13(15)8-6-4-5-7-10-18-11-9-14(16)17-3/h1,4-11H2,2-3H3. The summed E-state index contributed by atoms with van der Waals surface area (Å²) in [6.45, 7) is 5.40. The van der Waals surface area contributed by atoms with Crippen molar-refractivity contribution in [3.8, 4) is 0 Å². The van der Waals surface area contributed by atoms with Gasteiger partial charge in [-0.25, -0.2) is 0 Å². The molecule has 0 unspecified atom stereocenters. The number of hydrogen-bond donors (Lipinski definition) is 0. The molecule has 0 aliphatic carbocycles. The number of carbonyl (C=O) groups is 2. The van der Waals surface area contributed by atoms with Gasteiger partial charge < -0.3 is 4.74 Å². The fourth-order valence-electron chi connectivity index (χ4n) is 1.42. The summed E-state index contributed by atoms with van der Waals surface area (Å²) in [7, 11) is 1.42. The molecule has 0 aromatic heterocycles. The molecule has 18 heavy (non-hydrogen) atoms. The van der Waals surface area contributed by atoms with E-state index in [0.717, 1.165) is 37.2 Å². The molecule has 0 aliphatic heterocycles. The van der Waals surface area contributed by atoms with E-state index in [4.69, 9.17) is 0 Å². The second kappa shape index (κ2) is 11.3. The molecule has 0 radical (unpaired) electrons. The quantitative estimate of drug-likeness (QED) is 0.328. The minimum Gasteiger partial charge on any atom is -0.469 e. The van der Waals surface area contributed by atoms with Crippen LogP contribution in [0.5, 0.6) is 0 Å². The van der Waals surface area contributed by atoms with Gasteiger partial charge in [0.2, 0.25) is 0 Å². The molecule has 0 saturated carbocycles. The first kappa shape index (κ1) is 17.2. The predicted octanol–water partition coefficient (Wildman–Crippen LogP) is 3.38. The van der Waals surface area contributed by atoms with Gasteiger partial charge in [0.25, 0.3) is 0 Å². The Morgan fingerprint density at radius 2 is 1.72 bits per heavy atom. The van der Waals surface area contributed by atoms with Crippen molar-refractivity contribution in [1.29, 1.82) is 0 Å². The Kier molecular flexibility index (Phi) is 10.8. The van der Waals surface area contributed by atoms with Crippen molar-refractivity contribution in [2.75, 3.05) is 18.6 Å². The molecule has 0 amide bonds. The van der Waals surface area contributed by atoms with Gasteiger partial charge in [0.1, 0.15) is 0 Å². The van der Waals surface area contributed by atoms with E-state index in [1.54, 1.807) is 18.7 Å². The van der Waals surface area contributed by atoms with Gasteiger partial charge in [0.15, 0.2) is 5.78 Å². The molecule has 0 rings (SSSR count). The van der Waals surface area contributed by atoms with Crippen LogP contribution in [0, 0.1) is 0 Å². The third kappa shape index (κ3) is 10.4. The van der Waals surface area contributed by atoms with Gasteiger partial charge in [-0.3, -0.25) is 9.59 Å². The zero-order valence-electron chi connectivity index (χ0n) is 11.5. The van der Waals surface area contributed by atoms with Crippen LogP contribution in [-0.2, 0) is 14.3 Å². The number of hydrogen-bond acceptors (Lipinski definition) is 4. The number of rotatable bonds is 11. The minimum absolute atomic E-state index is 0.138. The van der Waals surface area contributed by atoms with Crippen molar-refractivity contribution in [1.82, 2.24) is 0 Å². The van der Waals surface area contributed by atoms with E-state index in [1.165, 1.54) is 7.11 Å². The van der Waals surface area contributed by atoms with Crippen molar-refractivity contribution in [3.05, 3.63) is 12.2 Å². The van der Waals surface area contributed by atoms with Gasteiger partial charge in [-0.05, 0) is 31.1 Å². The van der Waals surface area contributed by atoms with Crippen molar-refractivity contribution in [2.45, 2.75) is 45.4 Å². The number of ether oxygens (including phenoxy) is 1. The van der Waals surface area contributed by atoms with Crippen LogP contribution in [0.3, 0.4) is 0 Å². The summed E-state index contributed by atoms with van der Waals surface area (Å²) in [4.78, 5) is 22.1. The van der Waals surface area contributed by atoms with Crippen LogP contribution in [0.4, 0.5) is 0 Å². The Balaban J connectivity index is 3.19. The molecular formula is C14H24O3S. The molecule has 0 aromatic carbocycles. The van der Waals surface area contributed by atoms with Crippen LogP contribution in [-0.4, -0.2) is 30.4 Å². The molecule has 0 fully saturated rings. The lowest BCUT2D eigenvalue weighted by Crippen LogP contribution is -2.01. The normalized spacial score (nSPS) is 10.1. The predicted molar refractivity (Wildman–Crippen MR) is 76.9 cm³/mol. The topological polar surface area (TPSA) is 43.4 Å². The number of unbranched alkanes of at least 4 members (excludes halogenated alkanes) is 3. The average Bonchev–Trinajstić information content (AvgIpc) is 2.35. The number of ketones is 1. The first-order valence-electron chi connectivity index (χ1n) is 6.41. The highest BCUT2D eigenvalue weighted by molar-refractivity contribution is 7.99. The highest BCUT2D eigenvalue weighted by atomic mass is 32.2. The van der Waals surface area contributed by atoms with Crippen molar-refractivity contribution >= 4 is 23.5 Å². The van der Waals surface area contributed by atoms with E-state index < -0.39 is 0 Å². The van der Waals surface area contributed by atoms with Crippen LogP contribution < -0.4 is 0 Å². The molecule has 0 heterocycles. The molecule has 104 valence electrons. The van der Waals surface area contributed by atoms with Crippen molar-refractivity contribution in [3.63, 3.8) is 0 Å². The highest BCUT2D eigenvalue weighted by Crippen LogP contribution is 2.11. The maximum absolute atomic E-state index is 11.3. The average molecular weight is 272 g/mol. The van der Waals surface area contributed by atoms with E-state index in [-0.39, 0.29) is 11.8 Å². The fraction of sp³-hybridized carbons (Fsp3) is 0.714. The van der Waals surface area contributed by atoms with Crippen LogP contribution in [0.1, 0.15) is 45.4 Å². The maximum atomic E-state index is 11.3. The van der Waals surface area contributed by atoms with E-state index >= 15 is 0 Å². The van der Waals surface area contributed by atoms with Gasteiger partial charge >= 0.3 is 5.97 Å². The SMILES string of the molecule is C=C(C)C(=O)CCCCCCSCCC(=O)OC. The molecule has 0 spiro atoms. The largest absolute Gasteiger partial charge is 0.469 e. The Bertz CT molecular complexity index is 274. The number of methoxy groups -OCH3 is 1. The molecule has 0 aliphatic rings. The monoisotopic (exact) mass is 272 g/mol. The molecule has 3 nitrogen and oxygen atoms in total. The summed E-state index contributed by atoms with van der Waals surface area (Å²) in [5.74, 6) is 1.95. The number of esters is 1. The summed E-state index contributed by atoms with van der Waals surface area (Å²) in [5.41, 5.74) is 0.661. The first-order valence-corrected chi connectivity index (χ1v) is 7.56. The van der Waals surface area contributed by atoms with Gasteiger partial charge in [-0.1, -0.05) is 19.4 Å². The fourth-order valence-corrected chi connectivity index (χ4v) is 2.34. The summed E-state index contributed by atoms with van der Waals surface area (Å²) in [6, 6.07) is 0. The van der Waals surface area contributed by atoms with E-state index in [0.29, 0.717) is 18.4 Å². The van der Waals surface area contributed by atoms with Crippen LogP contribution in [0.25, 0.3) is 0 Å². The summed E-state index contributed by atoms with van der Waals surface area (Å²) < 4.78 is 4.56. The molecular weight excluding hydrogens is 248 g/mol. The first-order chi connectivity index (χ1) is 8.57. The van der Waals surface area contributed by atoms with Gasteiger partial charge in [-0.15, -0.1) is 0 Å². The molecule has 0 bridgehead atoms. The molecule has 0 atom stereocenters. The van der Waals surface area contributed by atoms with Crippen LogP contribution in [0.2, 0.25) is 0 Å². The van der Waals surface area contributed by atoms with Crippen LogP contribution >= 0.6 is 11.8 Å². The van der Waals surface area contributed by atoms with Gasteiger partial charge in [0.05, 0.1) is 13.5 Å². The lowest BCUT2D eigenvalue weighted by atomic mass is 10.1. The smallest absolute Gasteiger partial charge is 0.306 e. The molecule has 0 aromatic rings. The highest BCUT2D eigenvalue weighted by Gasteiger charge is 2.02. The Morgan fingerprint density at radius 1 is 1.06 bits per heavy atom. The lowest BCUT2D eigenvalue weighted by Gasteiger charge is -2.02. The number of Topliss-reactive ketones (excluding diaryl/α,β-unsaturated/α-hetero) is 1. The Hall–Kier alpha value is -0.770. The van der Waals surface area contributed by atoms with E-state index in [2.05, 4.69) is 11.3 Å². The molecule has 0 saturated heterocycles. The van der Waals surface area contributed by atoms with Crippen molar-refractivity contribution < 1.29 is 14.3 Å². The van der Waals surface area contributed by atoms with E-state index in [9.17, 15) is 9.59 Å². The zero-order chi connectivity index (χ0) is 13.8. The second-order valence-corrected chi connectivity index (χ2v) is 5.53. The van der Waals surface area contributed by atoms with E-state index in [1.807, 2.05) is 0 Å².